The quantitative estimate of drug-likeness (QED) is 0.873. The van der Waals surface area contributed by atoms with E-state index in [0.29, 0.717) is 19.5 Å². The summed E-state index contributed by atoms with van der Waals surface area (Å²) in [7, 11) is 0. The van der Waals surface area contributed by atoms with Crippen LogP contribution in [0.3, 0.4) is 0 Å². The highest BCUT2D eigenvalue weighted by Gasteiger charge is 2.24. The van der Waals surface area contributed by atoms with Crippen LogP contribution in [0.5, 0.6) is 0 Å². The van der Waals surface area contributed by atoms with Crippen molar-refractivity contribution in [1.29, 1.82) is 0 Å². The van der Waals surface area contributed by atoms with Crippen molar-refractivity contribution in [2.24, 2.45) is 5.73 Å². The highest BCUT2D eigenvalue weighted by molar-refractivity contribution is 7.99. The lowest BCUT2D eigenvalue weighted by Crippen LogP contribution is -2.49. The molecule has 0 fully saturated rings. The fourth-order valence-electron chi connectivity index (χ4n) is 2.73. The average Bonchev–Trinajstić information content (AvgIpc) is 2.58. The summed E-state index contributed by atoms with van der Waals surface area (Å²) in [5, 5.41) is 3.00. The van der Waals surface area contributed by atoms with Gasteiger partial charge in [-0.15, -0.1) is 0 Å². The molecule has 1 heterocycles. The molecule has 0 saturated carbocycles. The van der Waals surface area contributed by atoms with Crippen molar-refractivity contribution in [2.75, 3.05) is 18.0 Å². The van der Waals surface area contributed by atoms with Crippen molar-refractivity contribution in [3.05, 3.63) is 48.5 Å². The number of rotatable bonds is 5. The monoisotopic (exact) mass is 341 g/mol. The number of carbonyl (C=O) groups excluding carboxylic acids is 1. The van der Waals surface area contributed by atoms with E-state index in [1.165, 1.54) is 9.79 Å². The second-order valence-corrected chi connectivity index (χ2v) is 7.66. The number of carbonyl (C=O) groups is 1. The Labute approximate surface area is 147 Å². The minimum Gasteiger partial charge on any atom is -0.350 e. The maximum absolute atomic E-state index is 12.3. The van der Waals surface area contributed by atoms with Crippen molar-refractivity contribution in [1.82, 2.24) is 5.32 Å². The van der Waals surface area contributed by atoms with Gasteiger partial charge in [-0.05, 0) is 38.1 Å². The van der Waals surface area contributed by atoms with Crippen LogP contribution in [0.2, 0.25) is 0 Å². The number of benzene rings is 2. The van der Waals surface area contributed by atoms with Crippen molar-refractivity contribution < 1.29 is 4.79 Å². The maximum Gasteiger partial charge on any atom is 0.222 e. The molecule has 1 aliphatic heterocycles. The standard InChI is InChI=1S/C19H23N3OS/c1-19(2,13-20)21-18(23)11-12-22-14-7-3-5-9-16(14)24-17-10-6-4-8-15(17)22/h3-10H,11-13,20H2,1-2H3,(H,21,23). The molecule has 3 N–H and O–H groups in total. The predicted molar refractivity (Wildman–Crippen MR) is 99.9 cm³/mol. The van der Waals surface area contributed by atoms with Gasteiger partial charge in [0.25, 0.3) is 0 Å². The molecule has 0 saturated heterocycles. The topological polar surface area (TPSA) is 58.4 Å². The van der Waals surface area contributed by atoms with E-state index in [9.17, 15) is 4.79 Å². The fraction of sp³-hybridized carbons (Fsp3) is 0.316. The summed E-state index contributed by atoms with van der Waals surface area (Å²) < 4.78 is 0. The molecule has 1 aliphatic rings. The molecule has 1 amide bonds. The summed E-state index contributed by atoms with van der Waals surface area (Å²) in [5.74, 6) is 0.0265. The lowest BCUT2D eigenvalue weighted by atomic mass is 10.1. The van der Waals surface area contributed by atoms with Crippen LogP contribution in [0.4, 0.5) is 11.4 Å². The molecule has 4 nitrogen and oxygen atoms in total. The van der Waals surface area contributed by atoms with Crippen LogP contribution >= 0.6 is 11.8 Å². The third kappa shape index (κ3) is 3.57. The third-order valence-corrected chi connectivity index (χ3v) is 5.21. The minimum absolute atomic E-state index is 0.0265. The van der Waals surface area contributed by atoms with E-state index in [4.69, 9.17) is 5.73 Å². The van der Waals surface area contributed by atoms with Crippen molar-refractivity contribution in [3.63, 3.8) is 0 Å². The van der Waals surface area contributed by atoms with Gasteiger partial charge < -0.3 is 16.0 Å². The van der Waals surface area contributed by atoms with E-state index in [1.807, 2.05) is 26.0 Å². The second-order valence-electron chi connectivity index (χ2n) is 6.58. The van der Waals surface area contributed by atoms with E-state index in [2.05, 4.69) is 46.6 Å². The summed E-state index contributed by atoms with van der Waals surface area (Å²) in [6.07, 6.45) is 0.427. The van der Waals surface area contributed by atoms with Gasteiger partial charge in [0.15, 0.2) is 0 Å². The Hall–Kier alpha value is -1.98. The number of para-hydroxylation sites is 2. The number of hydrogen-bond acceptors (Lipinski definition) is 4. The molecular formula is C19H23N3OS. The van der Waals surface area contributed by atoms with E-state index in [0.717, 1.165) is 11.4 Å². The van der Waals surface area contributed by atoms with Crippen LogP contribution in [-0.4, -0.2) is 24.5 Å². The Bertz CT molecular complexity index is 699. The molecule has 0 radical (unpaired) electrons. The van der Waals surface area contributed by atoms with Crippen LogP contribution in [-0.2, 0) is 4.79 Å². The van der Waals surface area contributed by atoms with Crippen LogP contribution in [0.1, 0.15) is 20.3 Å². The van der Waals surface area contributed by atoms with Gasteiger partial charge in [-0.3, -0.25) is 4.79 Å². The van der Waals surface area contributed by atoms with Crippen molar-refractivity contribution in [2.45, 2.75) is 35.6 Å². The molecule has 5 heteroatoms. The van der Waals surface area contributed by atoms with Crippen LogP contribution in [0.15, 0.2) is 58.3 Å². The summed E-state index contributed by atoms with van der Waals surface area (Å²) in [5.41, 5.74) is 7.64. The molecule has 126 valence electrons. The van der Waals surface area contributed by atoms with Crippen molar-refractivity contribution >= 4 is 29.0 Å². The van der Waals surface area contributed by atoms with Gasteiger partial charge >= 0.3 is 0 Å². The van der Waals surface area contributed by atoms with E-state index >= 15 is 0 Å². The molecule has 0 atom stereocenters. The zero-order valence-corrected chi connectivity index (χ0v) is 14.9. The highest BCUT2D eigenvalue weighted by atomic mass is 32.2. The van der Waals surface area contributed by atoms with E-state index < -0.39 is 0 Å². The van der Waals surface area contributed by atoms with Gasteiger partial charge in [0.2, 0.25) is 5.91 Å². The number of fused-ring (bicyclic) bond motifs is 2. The molecule has 0 aromatic heterocycles. The van der Waals surface area contributed by atoms with Gasteiger partial charge in [0.05, 0.1) is 11.4 Å². The Morgan fingerprint density at radius 3 is 2.17 bits per heavy atom. The molecule has 0 spiro atoms. The molecule has 24 heavy (non-hydrogen) atoms. The van der Waals surface area contributed by atoms with Crippen LogP contribution < -0.4 is 16.0 Å². The second kappa shape index (κ2) is 6.87. The normalized spacial score (nSPS) is 13.2. The Kier molecular flexibility index (Phi) is 4.83. The Morgan fingerprint density at radius 1 is 1.08 bits per heavy atom. The summed E-state index contributed by atoms with van der Waals surface area (Å²) >= 11 is 1.78. The first-order chi connectivity index (χ1) is 11.5. The smallest absolute Gasteiger partial charge is 0.222 e. The van der Waals surface area contributed by atoms with Gasteiger partial charge in [0.1, 0.15) is 0 Å². The number of amides is 1. The number of anilines is 2. The molecule has 0 aliphatic carbocycles. The molecule has 3 rings (SSSR count). The third-order valence-electron chi connectivity index (χ3n) is 4.08. The minimum atomic E-state index is -0.370. The SMILES string of the molecule is CC(C)(CN)NC(=O)CCN1c2ccccc2Sc2ccccc21. The van der Waals surface area contributed by atoms with E-state index in [1.54, 1.807) is 11.8 Å². The average molecular weight is 341 g/mol. The van der Waals surface area contributed by atoms with Gasteiger partial charge in [0, 0.05) is 34.8 Å². The van der Waals surface area contributed by atoms with Crippen LogP contribution in [0.25, 0.3) is 0 Å². The lowest BCUT2D eigenvalue weighted by molar-refractivity contribution is -0.122. The molecule has 2 aromatic carbocycles. The first-order valence-electron chi connectivity index (χ1n) is 8.15. The Morgan fingerprint density at radius 2 is 1.62 bits per heavy atom. The summed E-state index contributed by atoms with van der Waals surface area (Å²) in [6.45, 7) is 4.94. The van der Waals surface area contributed by atoms with Crippen LogP contribution in [0, 0.1) is 0 Å². The number of hydrogen-bond donors (Lipinski definition) is 2. The van der Waals surface area contributed by atoms with Crippen molar-refractivity contribution in [3.8, 4) is 0 Å². The largest absolute Gasteiger partial charge is 0.350 e. The lowest BCUT2D eigenvalue weighted by Gasteiger charge is -2.33. The summed E-state index contributed by atoms with van der Waals surface area (Å²) in [6, 6.07) is 16.7. The number of nitrogens with zero attached hydrogens (tertiary/aromatic N) is 1. The molecule has 2 aromatic rings. The Balaban J connectivity index is 1.79. The van der Waals surface area contributed by atoms with Gasteiger partial charge in [-0.1, -0.05) is 36.0 Å². The van der Waals surface area contributed by atoms with Gasteiger partial charge in [-0.2, -0.15) is 0 Å². The molecule has 0 bridgehead atoms. The fourth-order valence-corrected chi connectivity index (χ4v) is 3.82. The summed E-state index contributed by atoms with van der Waals surface area (Å²) in [4.78, 5) is 17.0. The zero-order chi connectivity index (χ0) is 17.2. The highest BCUT2D eigenvalue weighted by Crippen LogP contribution is 2.47. The van der Waals surface area contributed by atoms with Gasteiger partial charge in [-0.25, -0.2) is 0 Å². The molecule has 0 unspecified atom stereocenters. The zero-order valence-electron chi connectivity index (χ0n) is 14.1. The first-order valence-corrected chi connectivity index (χ1v) is 8.96. The maximum atomic E-state index is 12.3. The number of nitrogens with two attached hydrogens (primary N) is 1. The molecular weight excluding hydrogens is 318 g/mol. The number of nitrogens with one attached hydrogen (secondary N) is 1. The first kappa shape index (κ1) is 16.9. The predicted octanol–water partition coefficient (Wildman–Crippen LogP) is 3.53. The van der Waals surface area contributed by atoms with E-state index in [-0.39, 0.29) is 11.4 Å².